The van der Waals surface area contributed by atoms with Crippen molar-refractivity contribution in [2.24, 2.45) is 11.8 Å². The first kappa shape index (κ1) is 10.9. The van der Waals surface area contributed by atoms with Crippen molar-refractivity contribution in [3.63, 3.8) is 0 Å². The largest absolute Gasteiger partial charge is 0.353 e. The van der Waals surface area contributed by atoms with Gasteiger partial charge in [0.15, 0.2) is 0 Å². The van der Waals surface area contributed by atoms with Crippen molar-refractivity contribution >= 4 is 5.91 Å². The maximum Gasteiger partial charge on any atom is 0.225 e. The molecule has 3 heteroatoms. The van der Waals surface area contributed by atoms with Crippen LogP contribution in [0.1, 0.15) is 39.0 Å². The first-order valence-electron chi connectivity index (χ1n) is 6.30. The summed E-state index contributed by atoms with van der Waals surface area (Å²) in [6.45, 7) is 4.00. The minimum absolute atomic E-state index is 0.243. The minimum Gasteiger partial charge on any atom is -0.353 e. The van der Waals surface area contributed by atoms with E-state index in [1.54, 1.807) is 0 Å². The molecule has 2 aliphatic rings. The quantitative estimate of drug-likeness (QED) is 0.737. The van der Waals surface area contributed by atoms with E-state index in [4.69, 9.17) is 0 Å². The second-order valence-electron chi connectivity index (χ2n) is 5.00. The van der Waals surface area contributed by atoms with Gasteiger partial charge in [-0.05, 0) is 18.8 Å². The molecule has 0 radical (unpaired) electrons. The van der Waals surface area contributed by atoms with E-state index >= 15 is 0 Å². The van der Waals surface area contributed by atoms with Crippen molar-refractivity contribution in [1.82, 2.24) is 10.6 Å². The summed E-state index contributed by atoms with van der Waals surface area (Å²) in [5, 5.41) is 6.34. The molecule has 1 aliphatic heterocycles. The zero-order valence-electron chi connectivity index (χ0n) is 9.59. The molecule has 3 nitrogen and oxygen atoms in total. The Hall–Kier alpha value is -0.570. The molecule has 0 aromatic heterocycles. The van der Waals surface area contributed by atoms with Crippen molar-refractivity contribution < 1.29 is 4.79 Å². The van der Waals surface area contributed by atoms with Crippen LogP contribution in [0.2, 0.25) is 0 Å². The fourth-order valence-electron chi connectivity index (χ4n) is 2.59. The molecule has 1 heterocycles. The Morgan fingerprint density at radius 2 is 2.20 bits per heavy atom. The van der Waals surface area contributed by atoms with Gasteiger partial charge in [-0.3, -0.25) is 4.79 Å². The molecule has 2 atom stereocenters. The fraction of sp³-hybridized carbons (Fsp3) is 0.917. The van der Waals surface area contributed by atoms with Gasteiger partial charge >= 0.3 is 0 Å². The highest BCUT2D eigenvalue weighted by atomic mass is 16.2. The lowest BCUT2D eigenvalue weighted by molar-refractivity contribution is -0.127. The molecule has 2 rings (SSSR count). The molecule has 0 aromatic carbocycles. The molecule has 0 bridgehead atoms. The fourth-order valence-corrected chi connectivity index (χ4v) is 2.59. The Morgan fingerprint density at radius 3 is 2.80 bits per heavy atom. The first-order valence-corrected chi connectivity index (χ1v) is 6.30. The smallest absolute Gasteiger partial charge is 0.225 e. The van der Waals surface area contributed by atoms with Gasteiger partial charge in [0, 0.05) is 19.1 Å². The molecule has 1 saturated carbocycles. The van der Waals surface area contributed by atoms with E-state index in [1.807, 2.05) is 0 Å². The van der Waals surface area contributed by atoms with E-state index in [0.29, 0.717) is 6.04 Å². The summed E-state index contributed by atoms with van der Waals surface area (Å²) in [6.07, 6.45) is 6.28. The van der Waals surface area contributed by atoms with Gasteiger partial charge in [-0.15, -0.1) is 0 Å². The van der Waals surface area contributed by atoms with Gasteiger partial charge in [0.2, 0.25) is 5.91 Å². The Morgan fingerprint density at radius 1 is 1.40 bits per heavy atom. The maximum atomic E-state index is 11.7. The van der Waals surface area contributed by atoms with Gasteiger partial charge in [-0.2, -0.15) is 0 Å². The van der Waals surface area contributed by atoms with Crippen molar-refractivity contribution in [2.45, 2.75) is 45.1 Å². The number of hydrogen-bond donors (Lipinski definition) is 2. The summed E-state index contributed by atoms with van der Waals surface area (Å²) in [7, 11) is 0. The van der Waals surface area contributed by atoms with Gasteiger partial charge in [0.1, 0.15) is 0 Å². The molecule has 2 fully saturated rings. The number of carbonyl (C=O) groups excluding carboxylic acids is 1. The lowest BCUT2D eigenvalue weighted by Gasteiger charge is -2.32. The zero-order valence-corrected chi connectivity index (χ0v) is 9.59. The van der Waals surface area contributed by atoms with Crippen LogP contribution in [-0.2, 0) is 4.79 Å². The van der Waals surface area contributed by atoms with Gasteiger partial charge < -0.3 is 10.6 Å². The monoisotopic (exact) mass is 210 g/mol. The number of nitrogens with one attached hydrogen (secondary N) is 2. The molecule has 15 heavy (non-hydrogen) atoms. The highest BCUT2D eigenvalue weighted by Crippen LogP contribution is 2.26. The molecular formula is C12H22N2O. The van der Waals surface area contributed by atoms with Crippen LogP contribution in [-0.4, -0.2) is 25.0 Å². The average molecular weight is 210 g/mol. The zero-order chi connectivity index (χ0) is 10.7. The Kier molecular flexibility index (Phi) is 3.62. The molecule has 2 unspecified atom stereocenters. The standard InChI is InChI=1S/C12H22N2O/c1-2-9-4-3-5-11(6-9)14-12(15)10-7-13-8-10/h9-11,13H,2-8H2,1H3,(H,14,15). The minimum atomic E-state index is 0.243. The highest BCUT2D eigenvalue weighted by molar-refractivity contribution is 5.80. The van der Waals surface area contributed by atoms with Crippen LogP contribution in [0.4, 0.5) is 0 Å². The van der Waals surface area contributed by atoms with Gasteiger partial charge in [0.25, 0.3) is 0 Å². The van der Waals surface area contributed by atoms with Crippen LogP contribution in [0.5, 0.6) is 0 Å². The molecule has 2 N–H and O–H groups in total. The number of hydrogen-bond acceptors (Lipinski definition) is 2. The summed E-state index contributed by atoms with van der Waals surface area (Å²) in [5.41, 5.74) is 0. The molecule has 1 aliphatic carbocycles. The van der Waals surface area contributed by atoms with E-state index in [2.05, 4.69) is 17.6 Å². The van der Waals surface area contributed by atoms with Crippen molar-refractivity contribution in [2.75, 3.05) is 13.1 Å². The van der Waals surface area contributed by atoms with E-state index in [0.717, 1.165) is 19.0 Å². The summed E-state index contributed by atoms with van der Waals surface area (Å²) < 4.78 is 0. The first-order chi connectivity index (χ1) is 7.29. The normalized spacial score (nSPS) is 32.1. The van der Waals surface area contributed by atoms with E-state index in [9.17, 15) is 4.79 Å². The SMILES string of the molecule is CCC1CCCC(NC(=O)C2CNC2)C1. The van der Waals surface area contributed by atoms with E-state index < -0.39 is 0 Å². The predicted octanol–water partition coefficient (Wildman–Crippen LogP) is 1.29. The Balaban J connectivity index is 1.75. The average Bonchev–Trinajstić information content (AvgIpc) is 2.15. The van der Waals surface area contributed by atoms with Crippen LogP contribution in [0.25, 0.3) is 0 Å². The number of rotatable bonds is 3. The summed E-state index contributed by atoms with van der Waals surface area (Å²) in [4.78, 5) is 11.7. The topological polar surface area (TPSA) is 41.1 Å². The van der Waals surface area contributed by atoms with Gasteiger partial charge in [-0.1, -0.05) is 26.2 Å². The predicted molar refractivity (Wildman–Crippen MR) is 60.5 cm³/mol. The van der Waals surface area contributed by atoms with Crippen LogP contribution < -0.4 is 10.6 Å². The van der Waals surface area contributed by atoms with Gasteiger partial charge in [0.05, 0.1) is 5.92 Å². The van der Waals surface area contributed by atoms with Crippen molar-refractivity contribution in [3.8, 4) is 0 Å². The highest BCUT2D eigenvalue weighted by Gasteiger charge is 2.28. The van der Waals surface area contributed by atoms with Crippen LogP contribution >= 0.6 is 0 Å². The molecule has 86 valence electrons. The van der Waals surface area contributed by atoms with E-state index in [-0.39, 0.29) is 11.8 Å². The second-order valence-corrected chi connectivity index (χ2v) is 5.00. The molecule has 1 saturated heterocycles. The molecular weight excluding hydrogens is 188 g/mol. The van der Waals surface area contributed by atoms with Crippen LogP contribution in [0.15, 0.2) is 0 Å². The van der Waals surface area contributed by atoms with E-state index in [1.165, 1.54) is 32.1 Å². The lowest BCUT2D eigenvalue weighted by atomic mass is 9.84. The Bertz CT molecular complexity index is 226. The van der Waals surface area contributed by atoms with Gasteiger partial charge in [-0.25, -0.2) is 0 Å². The molecule has 0 spiro atoms. The summed E-state index contributed by atoms with van der Waals surface area (Å²) in [6, 6.07) is 0.455. The molecule has 1 amide bonds. The Labute approximate surface area is 92.0 Å². The lowest BCUT2D eigenvalue weighted by Crippen LogP contribution is -2.53. The third-order valence-electron chi connectivity index (χ3n) is 3.86. The third kappa shape index (κ3) is 2.71. The number of carbonyl (C=O) groups is 1. The third-order valence-corrected chi connectivity index (χ3v) is 3.86. The van der Waals surface area contributed by atoms with Crippen LogP contribution in [0.3, 0.4) is 0 Å². The summed E-state index contributed by atoms with van der Waals surface area (Å²) in [5.74, 6) is 1.35. The number of amides is 1. The van der Waals surface area contributed by atoms with Crippen LogP contribution in [0, 0.1) is 11.8 Å². The second kappa shape index (κ2) is 4.97. The maximum absolute atomic E-state index is 11.7. The van der Waals surface area contributed by atoms with Crippen molar-refractivity contribution in [1.29, 1.82) is 0 Å². The van der Waals surface area contributed by atoms with Crippen molar-refractivity contribution in [3.05, 3.63) is 0 Å². The molecule has 0 aromatic rings. The summed E-state index contributed by atoms with van der Waals surface area (Å²) >= 11 is 0.